The van der Waals surface area contributed by atoms with Crippen LogP contribution in [0.2, 0.25) is 0 Å². The molecule has 0 rings (SSSR count). The monoisotopic (exact) mass is 130 g/mol. The number of aliphatic hydroxyl groups is 2. The zero-order valence-electron chi connectivity index (χ0n) is 5.28. The third kappa shape index (κ3) is 2.31. The minimum Gasteiger partial charge on any atom is -0.394 e. The van der Waals surface area contributed by atoms with Gasteiger partial charge in [0.2, 0.25) is 0 Å². The predicted molar refractivity (Wildman–Crippen MR) is 31.3 cm³/mol. The fraction of sp³-hybridized carbons (Fsp3) is 0.800. The Hall–Kier alpha value is -0.790. The maximum Gasteiger partial charge on any atom is 0.179 e. The quantitative estimate of drug-likeness (QED) is 0.370. The van der Waals surface area contributed by atoms with E-state index >= 15 is 0 Å². The third-order valence-electron chi connectivity index (χ3n) is 1.13. The largest absolute Gasteiger partial charge is 0.394 e. The van der Waals surface area contributed by atoms with Crippen LogP contribution in [0.15, 0.2) is 0 Å². The lowest BCUT2D eigenvalue weighted by atomic mass is 10.3. The molecule has 4 nitrogen and oxygen atoms in total. The summed E-state index contributed by atoms with van der Waals surface area (Å²) in [7, 11) is 1.51. The Morgan fingerprint density at radius 2 is 2.00 bits per heavy atom. The molecule has 2 N–H and O–H groups in total. The molecular weight excluding hydrogens is 120 g/mol. The molecule has 0 unspecified atom stereocenters. The first-order valence-electron chi connectivity index (χ1n) is 2.60. The summed E-state index contributed by atoms with van der Waals surface area (Å²) < 4.78 is 0. The smallest absolute Gasteiger partial charge is 0.179 e. The average molecular weight is 130 g/mol. The van der Waals surface area contributed by atoms with Crippen LogP contribution in [0.3, 0.4) is 0 Å². The molecule has 52 valence electrons. The number of likely N-dealkylation sites (N-methyl/N-ethyl adjacent to an activating group) is 1. The van der Waals surface area contributed by atoms with Gasteiger partial charge in [-0.1, -0.05) is 0 Å². The summed E-state index contributed by atoms with van der Waals surface area (Å²) in [5.41, 5.74) is 0. The van der Waals surface area contributed by atoms with Crippen LogP contribution in [0.25, 0.3) is 0 Å². The summed E-state index contributed by atoms with van der Waals surface area (Å²) >= 11 is 0. The van der Waals surface area contributed by atoms with Gasteiger partial charge in [-0.15, -0.1) is 0 Å². The van der Waals surface area contributed by atoms with Crippen LogP contribution in [0, 0.1) is 11.5 Å². The van der Waals surface area contributed by atoms with Crippen LogP contribution in [-0.2, 0) is 0 Å². The molecule has 0 heterocycles. The number of hydrogen-bond acceptors (Lipinski definition) is 4. The molecule has 0 saturated heterocycles. The van der Waals surface area contributed by atoms with Gasteiger partial charge in [0.25, 0.3) is 0 Å². The van der Waals surface area contributed by atoms with Crippen molar-refractivity contribution in [2.75, 3.05) is 20.3 Å². The Labute approximate surface area is 53.9 Å². The Kier molecular flexibility index (Phi) is 3.76. The fourth-order valence-corrected chi connectivity index (χ4v) is 0.384. The lowest BCUT2D eigenvalue weighted by Gasteiger charge is -2.17. The highest BCUT2D eigenvalue weighted by Gasteiger charge is 2.08. The lowest BCUT2D eigenvalue weighted by Crippen LogP contribution is -2.34. The molecule has 0 aliphatic rings. The van der Waals surface area contributed by atoms with Gasteiger partial charge in [-0.05, 0) is 0 Å². The van der Waals surface area contributed by atoms with Gasteiger partial charge in [-0.25, -0.2) is 0 Å². The number of nitriles is 1. The molecule has 0 spiro atoms. The van der Waals surface area contributed by atoms with Crippen LogP contribution in [0.1, 0.15) is 0 Å². The van der Waals surface area contributed by atoms with Crippen LogP contribution in [-0.4, -0.2) is 41.4 Å². The zero-order valence-corrected chi connectivity index (χ0v) is 5.28. The second kappa shape index (κ2) is 4.13. The van der Waals surface area contributed by atoms with Gasteiger partial charge < -0.3 is 15.1 Å². The van der Waals surface area contributed by atoms with E-state index in [0.29, 0.717) is 0 Å². The van der Waals surface area contributed by atoms with Crippen molar-refractivity contribution in [1.82, 2.24) is 4.90 Å². The predicted octanol–water partition coefficient (Wildman–Crippen LogP) is -1.25. The molecule has 4 heteroatoms. The SMILES string of the molecule is CN(C#N)C(CO)CO. The Morgan fingerprint density at radius 1 is 1.56 bits per heavy atom. The molecule has 0 aromatic rings. The van der Waals surface area contributed by atoms with Crippen molar-refractivity contribution < 1.29 is 10.2 Å². The van der Waals surface area contributed by atoms with Crippen LogP contribution >= 0.6 is 0 Å². The Bertz CT molecular complexity index is 106. The highest BCUT2D eigenvalue weighted by molar-refractivity contribution is 4.77. The van der Waals surface area contributed by atoms with E-state index in [2.05, 4.69) is 0 Å². The summed E-state index contributed by atoms with van der Waals surface area (Å²) in [4.78, 5) is 1.21. The van der Waals surface area contributed by atoms with Crippen molar-refractivity contribution in [3.05, 3.63) is 0 Å². The minimum atomic E-state index is -0.449. The van der Waals surface area contributed by atoms with Gasteiger partial charge >= 0.3 is 0 Å². The highest BCUT2D eigenvalue weighted by Crippen LogP contribution is 1.89. The van der Waals surface area contributed by atoms with Crippen molar-refractivity contribution in [2.24, 2.45) is 0 Å². The Balaban J connectivity index is 3.67. The van der Waals surface area contributed by atoms with E-state index in [1.165, 1.54) is 11.9 Å². The standard InChI is InChI=1S/C5H10N2O2/c1-7(4-6)5(2-8)3-9/h5,8-9H,2-3H2,1H3. The van der Waals surface area contributed by atoms with Crippen LogP contribution in [0.4, 0.5) is 0 Å². The molecule has 0 aliphatic carbocycles. The van der Waals surface area contributed by atoms with E-state index in [0.717, 1.165) is 0 Å². The summed E-state index contributed by atoms with van der Waals surface area (Å²) in [5, 5.41) is 25.2. The van der Waals surface area contributed by atoms with E-state index in [9.17, 15) is 0 Å². The number of nitrogens with zero attached hydrogens (tertiary/aromatic N) is 2. The van der Waals surface area contributed by atoms with E-state index in [1.807, 2.05) is 0 Å². The summed E-state index contributed by atoms with van der Waals surface area (Å²) in [6.45, 7) is -0.388. The van der Waals surface area contributed by atoms with Gasteiger partial charge in [-0.2, -0.15) is 5.26 Å². The van der Waals surface area contributed by atoms with Crippen molar-refractivity contribution >= 4 is 0 Å². The normalized spacial score (nSPS) is 9.22. The van der Waals surface area contributed by atoms with Crippen molar-refractivity contribution in [3.8, 4) is 6.19 Å². The van der Waals surface area contributed by atoms with Crippen molar-refractivity contribution in [3.63, 3.8) is 0 Å². The molecular formula is C5H10N2O2. The molecule has 0 aliphatic heterocycles. The summed E-state index contributed by atoms with van der Waals surface area (Å²) in [5.74, 6) is 0. The first-order valence-corrected chi connectivity index (χ1v) is 2.60. The zero-order chi connectivity index (χ0) is 7.28. The van der Waals surface area contributed by atoms with Gasteiger partial charge in [-0.3, -0.25) is 0 Å². The van der Waals surface area contributed by atoms with E-state index in [-0.39, 0.29) is 13.2 Å². The highest BCUT2D eigenvalue weighted by atomic mass is 16.3. The van der Waals surface area contributed by atoms with Crippen LogP contribution < -0.4 is 0 Å². The molecule has 0 atom stereocenters. The average Bonchev–Trinajstić information content (AvgIpc) is 1.90. The number of rotatable bonds is 3. The molecule has 0 aromatic carbocycles. The maximum atomic E-state index is 8.47. The molecule has 9 heavy (non-hydrogen) atoms. The summed E-state index contributed by atoms with van der Waals surface area (Å²) in [6.07, 6.45) is 1.78. The van der Waals surface area contributed by atoms with Gasteiger partial charge in [0.1, 0.15) is 0 Å². The number of hydrogen-bond donors (Lipinski definition) is 2. The van der Waals surface area contributed by atoms with Crippen molar-refractivity contribution in [1.29, 1.82) is 5.26 Å². The van der Waals surface area contributed by atoms with Crippen LogP contribution in [0.5, 0.6) is 0 Å². The number of aliphatic hydroxyl groups excluding tert-OH is 2. The first kappa shape index (κ1) is 8.21. The van der Waals surface area contributed by atoms with E-state index < -0.39 is 6.04 Å². The molecule has 0 bridgehead atoms. The maximum absolute atomic E-state index is 8.47. The molecule has 0 saturated carbocycles. The molecule has 0 amide bonds. The van der Waals surface area contributed by atoms with Crippen molar-refractivity contribution in [2.45, 2.75) is 6.04 Å². The van der Waals surface area contributed by atoms with Gasteiger partial charge in [0, 0.05) is 7.05 Å². The third-order valence-corrected chi connectivity index (χ3v) is 1.13. The lowest BCUT2D eigenvalue weighted by molar-refractivity contribution is 0.123. The second-order valence-corrected chi connectivity index (χ2v) is 1.73. The minimum absolute atomic E-state index is 0.194. The van der Waals surface area contributed by atoms with E-state index in [4.69, 9.17) is 15.5 Å². The Morgan fingerprint density at radius 3 is 2.11 bits per heavy atom. The molecule has 0 fully saturated rings. The van der Waals surface area contributed by atoms with Gasteiger partial charge in [0.05, 0.1) is 19.3 Å². The second-order valence-electron chi connectivity index (χ2n) is 1.73. The van der Waals surface area contributed by atoms with Gasteiger partial charge in [0.15, 0.2) is 6.19 Å². The topological polar surface area (TPSA) is 67.5 Å². The summed E-state index contributed by atoms with van der Waals surface area (Å²) in [6, 6.07) is -0.449. The molecule has 0 radical (unpaired) electrons. The fourth-order valence-electron chi connectivity index (χ4n) is 0.384. The first-order chi connectivity index (χ1) is 4.26. The van der Waals surface area contributed by atoms with E-state index in [1.54, 1.807) is 6.19 Å². The molecule has 0 aromatic heterocycles.